The van der Waals surface area contributed by atoms with Crippen LogP contribution in [-0.2, 0) is 13.0 Å². The zero-order valence-electron chi connectivity index (χ0n) is 7.40. The summed E-state index contributed by atoms with van der Waals surface area (Å²) in [5.74, 6) is -0.0994. The van der Waals surface area contributed by atoms with Crippen LogP contribution in [0.3, 0.4) is 0 Å². The Morgan fingerprint density at radius 3 is 3.00 bits per heavy atom. The molecule has 0 aromatic heterocycles. The largest absolute Gasteiger partial charge is 0.310 e. The smallest absolute Gasteiger partial charge is 0.128 e. The number of hydrogen-bond acceptors (Lipinski definition) is 1. The molecule has 1 aliphatic rings. The summed E-state index contributed by atoms with van der Waals surface area (Å²) in [6.45, 7) is 2.75. The third-order valence-corrected chi connectivity index (χ3v) is 3.20. The topological polar surface area (TPSA) is 12.0 Å². The van der Waals surface area contributed by atoms with Crippen molar-refractivity contribution >= 4 is 15.9 Å². The SMILES string of the molecule is CC1Cc2c(Br)ccc(F)c2CN1. The first-order valence-electron chi connectivity index (χ1n) is 4.37. The summed E-state index contributed by atoms with van der Waals surface area (Å²) in [5.41, 5.74) is 1.93. The number of fused-ring (bicyclic) bond motifs is 1. The fourth-order valence-electron chi connectivity index (χ4n) is 1.70. The van der Waals surface area contributed by atoms with Gasteiger partial charge < -0.3 is 5.32 Å². The number of halogens is 2. The van der Waals surface area contributed by atoms with Gasteiger partial charge in [0.05, 0.1) is 0 Å². The molecule has 0 saturated heterocycles. The molecule has 0 saturated carbocycles. The first-order chi connectivity index (χ1) is 6.18. The summed E-state index contributed by atoms with van der Waals surface area (Å²) >= 11 is 3.45. The van der Waals surface area contributed by atoms with Crippen molar-refractivity contribution in [2.45, 2.75) is 25.9 Å². The molecular formula is C10H11BrFN. The molecule has 1 aliphatic heterocycles. The van der Waals surface area contributed by atoms with Crippen LogP contribution in [-0.4, -0.2) is 6.04 Å². The highest BCUT2D eigenvalue weighted by Crippen LogP contribution is 2.27. The maximum absolute atomic E-state index is 13.3. The van der Waals surface area contributed by atoms with Crippen LogP contribution in [0.4, 0.5) is 4.39 Å². The second-order valence-corrected chi connectivity index (χ2v) is 4.33. The summed E-state index contributed by atoms with van der Waals surface area (Å²) in [4.78, 5) is 0. The lowest BCUT2D eigenvalue weighted by Gasteiger charge is -2.24. The van der Waals surface area contributed by atoms with Crippen molar-refractivity contribution in [3.05, 3.63) is 33.5 Å². The highest BCUT2D eigenvalue weighted by molar-refractivity contribution is 9.10. The zero-order chi connectivity index (χ0) is 9.42. The van der Waals surface area contributed by atoms with Crippen molar-refractivity contribution in [1.29, 1.82) is 0 Å². The van der Waals surface area contributed by atoms with Crippen molar-refractivity contribution in [3.63, 3.8) is 0 Å². The standard InChI is InChI=1S/C10H11BrFN/c1-6-4-7-8(5-13-6)10(12)3-2-9(7)11/h2-3,6,13H,4-5H2,1H3. The van der Waals surface area contributed by atoms with E-state index in [0.29, 0.717) is 12.6 Å². The van der Waals surface area contributed by atoms with Gasteiger partial charge in [-0.15, -0.1) is 0 Å². The summed E-state index contributed by atoms with van der Waals surface area (Å²) < 4.78 is 14.3. The first-order valence-corrected chi connectivity index (χ1v) is 5.17. The van der Waals surface area contributed by atoms with Crippen molar-refractivity contribution < 1.29 is 4.39 Å². The van der Waals surface area contributed by atoms with Crippen LogP contribution in [0.1, 0.15) is 18.1 Å². The summed E-state index contributed by atoms with van der Waals surface area (Å²) in [5, 5.41) is 3.25. The molecule has 1 heterocycles. The lowest BCUT2D eigenvalue weighted by atomic mass is 9.96. The molecule has 0 amide bonds. The van der Waals surface area contributed by atoms with Gasteiger partial charge in [-0.05, 0) is 31.0 Å². The molecule has 13 heavy (non-hydrogen) atoms. The van der Waals surface area contributed by atoms with E-state index in [1.807, 2.05) is 0 Å². The molecule has 1 nitrogen and oxygen atoms in total. The Bertz CT molecular complexity index is 338. The van der Waals surface area contributed by atoms with Crippen molar-refractivity contribution in [2.24, 2.45) is 0 Å². The Hall–Kier alpha value is -0.410. The molecule has 1 aromatic rings. The molecule has 1 N–H and O–H groups in total. The van der Waals surface area contributed by atoms with E-state index < -0.39 is 0 Å². The highest BCUT2D eigenvalue weighted by Gasteiger charge is 2.19. The van der Waals surface area contributed by atoms with Crippen molar-refractivity contribution in [2.75, 3.05) is 0 Å². The fourth-order valence-corrected chi connectivity index (χ4v) is 2.24. The summed E-state index contributed by atoms with van der Waals surface area (Å²) in [6, 6.07) is 3.73. The molecule has 3 heteroatoms. The molecule has 0 bridgehead atoms. The third kappa shape index (κ3) is 1.63. The molecule has 0 radical (unpaired) electrons. The molecule has 2 rings (SSSR count). The van der Waals surface area contributed by atoms with Gasteiger partial charge in [-0.2, -0.15) is 0 Å². The van der Waals surface area contributed by atoms with E-state index >= 15 is 0 Å². The fraction of sp³-hybridized carbons (Fsp3) is 0.400. The van der Waals surface area contributed by atoms with E-state index in [1.54, 1.807) is 6.07 Å². The highest BCUT2D eigenvalue weighted by atomic mass is 79.9. The second-order valence-electron chi connectivity index (χ2n) is 3.47. The predicted molar refractivity (Wildman–Crippen MR) is 54.1 cm³/mol. The van der Waals surface area contributed by atoms with Gasteiger partial charge >= 0.3 is 0 Å². The van der Waals surface area contributed by atoms with Gasteiger partial charge in [0, 0.05) is 22.6 Å². The molecule has 1 aromatic carbocycles. The lowest BCUT2D eigenvalue weighted by molar-refractivity contribution is 0.488. The van der Waals surface area contributed by atoms with Crippen LogP contribution in [0.2, 0.25) is 0 Å². The third-order valence-electron chi connectivity index (χ3n) is 2.45. The van der Waals surface area contributed by atoms with E-state index in [1.165, 1.54) is 6.07 Å². The number of hydrogen-bond donors (Lipinski definition) is 1. The Morgan fingerprint density at radius 1 is 1.46 bits per heavy atom. The Balaban J connectivity index is 2.51. The van der Waals surface area contributed by atoms with E-state index in [-0.39, 0.29) is 5.82 Å². The van der Waals surface area contributed by atoms with Gasteiger partial charge in [-0.1, -0.05) is 15.9 Å². The minimum absolute atomic E-state index is 0.0994. The average molecular weight is 244 g/mol. The van der Waals surface area contributed by atoms with Gasteiger partial charge in [0.25, 0.3) is 0 Å². The predicted octanol–water partition coefficient (Wildman–Crippen LogP) is 2.62. The molecule has 0 fully saturated rings. The van der Waals surface area contributed by atoms with Crippen molar-refractivity contribution in [1.82, 2.24) is 5.32 Å². The van der Waals surface area contributed by atoms with Gasteiger partial charge in [-0.25, -0.2) is 4.39 Å². The maximum atomic E-state index is 13.3. The van der Waals surface area contributed by atoms with Gasteiger partial charge in [0.15, 0.2) is 0 Å². The Kier molecular flexibility index (Phi) is 2.39. The van der Waals surface area contributed by atoms with Gasteiger partial charge in [0.1, 0.15) is 5.82 Å². The quantitative estimate of drug-likeness (QED) is 0.739. The summed E-state index contributed by atoms with van der Waals surface area (Å²) in [7, 11) is 0. The molecule has 1 unspecified atom stereocenters. The molecule has 70 valence electrons. The second kappa shape index (κ2) is 3.39. The van der Waals surface area contributed by atoms with Gasteiger partial charge in [0.2, 0.25) is 0 Å². The van der Waals surface area contributed by atoms with E-state index in [9.17, 15) is 4.39 Å². The number of rotatable bonds is 0. The van der Waals surface area contributed by atoms with Crippen LogP contribution >= 0.6 is 15.9 Å². The molecule has 0 aliphatic carbocycles. The van der Waals surface area contributed by atoms with Crippen LogP contribution in [0, 0.1) is 5.82 Å². The van der Waals surface area contributed by atoms with Crippen LogP contribution in [0.25, 0.3) is 0 Å². The minimum atomic E-state index is -0.0994. The van der Waals surface area contributed by atoms with E-state index in [0.717, 1.165) is 22.0 Å². The minimum Gasteiger partial charge on any atom is -0.310 e. The Morgan fingerprint density at radius 2 is 2.23 bits per heavy atom. The average Bonchev–Trinajstić information content (AvgIpc) is 2.12. The van der Waals surface area contributed by atoms with Crippen LogP contribution in [0.15, 0.2) is 16.6 Å². The monoisotopic (exact) mass is 243 g/mol. The Labute approximate surface area is 85.5 Å². The lowest BCUT2D eigenvalue weighted by Crippen LogP contribution is -2.33. The van der Waals surface area contributed by atoms with Crippen molar-refractivity contribution in [3.8, 4) is 0 Å². The number of benzene rings is 1. The normalized spacial score (nSPS) is 21.3. The first kappa shape index (κ1) is 9.16. The summed E-state index contributed by atoms with van der Waals surface area (Å²) in [6.07, 6.45) is 0.897. The van der Waals surface area contributed by atoms with Crippen LogP contribution < -0.4 is 5.32 Å². The zero-order valence-corrected chi connectivity index (χ0v) is 8.99. The van der Waals surface area contributed by atoms with E-state index in [2.05, 4.69) is 28.2 Å². The molecule has 1 atom stereocenters. The van der Waals surface area contributed by atoms with Crippen LogP contribution in [0.5, 0.6) is 0 Å². The molecule has 0 spiro atoms. The van der Waals surface area contributed by atoms with Gasteiger partial charge in [-0.3, -0.25) is 0 Å². The maximum Gasteiger partial charge on any atom is 0.128 e. The molecular weight excluding hydrogens is 233 g/mol. The van der Waals surface area contributed by atoms with E-state index in [4.69, 9.17) is 0 Å². The number of nitrogens with one attached hydrogen (secondary N) is 1.